The zero-order valence-corrected chi connectivity index (χ0v) is 17.2. The lowest BCUT2D eigenvalue weighted by Gasteiger charge is -2.26. The minimum atomic E-state index is -0.581. The molecular formula is C22H28FN5. The van der Waals surface area contributed by atoms with Crippen LogP contribution in [0.1, 0.15) is 31.9 Å². The van der Waals surface area contributed by atoms with Gasteiger partial charge in [0.05, 0.1) is 5.70 Å². The Balaban J connectivity index is 2.35. The third-order valence-electron chi connectivity index (χ3n) is 3.95. The fourth-order valence-corrected chi connectivity index (χ4v) is 2.81. The Bertz CT molecular complexity index is 908. The van der Waals surface area contributed by atoms with E-state index in [0.29, 0.717) is 24.0 Å². The SMILES string of the molecule is C=C=C(NC=C)c1ccc(C)c(Nc2cc(F)nc(N(C)CC(C)(C)C)n2)c1. The summed E-state index contributed by atoms with van der Waals surface area (Å²) in [6, 6.07) is 7.13. The van der Waals surface area contributed by atoms with Gasteiger partial charge in [0.1, 0.15) is 5.82 Å². The van der Waals surface area contributed by atoms with Crippen LogP contribution in [0, 0.1) is 18.3 Å². The number of aromatic nitrogens is 2. The summed E-state index contributed by atoms with van der Waals surface area (Å²) < 4.78 is 14.1. The molecule has 2 aromatic rings. The minimum absolute atomic E-state index is 0.0362. The molecule has 0 atom stereocenters. The van der Waals surface area contributed by atoms with Crippen molar-refractivity contribution in [3.8, 4) is 0 Å². The molecule has 0 spiro atoms. The number of nitrogens with zero attached hydrogens (tertiary/aromatic N) is 3. The zero-order chi connectivity index (χ0) is 20.9. The Kier molecular flexibility index (Phi) is 6.60. The first-order valence-electron chi connectivity index (χ1n) is 9.04. The van der Waals surface area contributed by atoms with Gasteiger partial charge in [0, 0.05) is 30.9 Å². The lowest BCUT2D eigenvalue weighted by molar-refractivity contribution is 0.415. The van der Waals surface area contributed by atoms with Crippen LogP contribution in [0.4, 0.5) is 21.8 Å². The van der Waals surface area contributed by atoms with Gasteiger partial charge in [0.2, 0.25) is 11.9 Å². The van der Waals surface area contributed by atoms with Crippen molar-refractivity contribution in [3.05, 3.63) is 66.4 Å². The van der Waals surface area contributed by atoms with E-state index in [1.54, 1.807) is 6.20 Å². The highest BCUT2D eigenvalue weighted by Gasteiger charge is 2.17. The summed E-state index contributed by atoms with van der Waals surface area (Å²) in [7, 11) is 1.86. The summed E-state index contributed by atoms with van der Waals surface area (Å²) in [6.07, 6.45) is 1.57. The number of halogens is 1. The first-order chi connectivity index (χ1) is 13.1. The van der Waals surface area contributed by atoms with Crippen molar-refractivity contribution in [1.29, 1.82) is 0 Å². The molecule has 2 N–H and O–H groups in total. The summed E-state index contributed by atoms with van der Waals surface area (Å²) in [5.74, 6) is 0.151. The number of hydrogen-bond acceptors (Lipinski definition) is 5. The molecule has 0 aliphatic rings. The van der Waals surface area contributed by atoms with E-state index in [9.17, 15) is 4.39 Å². The van der Waals surface area contributed by atoms with Crippen LogP contribution in [0.15, 0.2) is 49.4 Å². The second-order valence-corrected chi connectivity index (χ2v) is 7.85. The molecule has 0 aliphatic heterocycles. The Morgan fingerprint density at radius 2 is 2.00 bits per heavy atom. The Morgan fingerprint density at radius 1 is 1.29 bits per heavy atom. The number of aryl methyl sites for hydroxylation is 1. The van der Waals surface area contributed by atoms with Gasteiger partial charge in [-0.1, -0.05) is 46.1 Å². The van der Waals surface area contributed by atoms with Crippen molar-refractivity contribution in [2.45, 2.75) is 27.7 Å². The highest BCUT2D eigenvalue weighted by atomic mass is 19.1. The smallest absolute Gasteiger partial charge is 0.229 e. The van der Waals surface area contributed by atoms with Gasteiger partial charge in [-0.25, -0.2) is 0 Å². The number of rotatable bonds is 7. The predicted octanol–water partition coefficient (Wildman–Crippen LogP) is 5.01. The van der Waals surface area contributed by atoms with Crippen LogP contribution in [-0.4, -0.2) is 23.6 Å². The molecule has 0 saturated carbocycles. The summed E-state index contributed by atoms with van der Waals surface area (Å²) in [5, 5.41) is 6.20. The van der Waals surface area contributed by atoms with E-state index in [4.69, 9.17) is 0 Å². The monoisotopic (exact) mass is 381 g/mol. The normalized spacial score (nSPS) is 10.8. The Morgan fingerprint density at radius 3 is 2.61 bits per heavy atom. The molecule has 0 bridgehead atoms. The molecule has 6 heteroatoms. The number of nitrogens with one attached hydrogen (secondary N) is 2. The number of benzene rings is 1. The second kappa shape index (κ2) is 8.72. The molecule has 0 radical (unpaired) electrons. The largest absolute Gasteiger partial charge is 0.355 e. The lowest BCUT2D eigenvalue weighted by Crippen LogP contribution is -2.30. The summed E-state index contributed by atoms with van der Waals surface area (Å²) in [5.41, 5.74) is 6.27. The summed E-state index contributed by atoms with van der Waals surface area (Å²) >= 11 is 0. The number of anilines is 3. The second-order valence-electron chi connectivity index (χ2n) is 7.85. The Hall–Kier alpha value is -3.11. The lowest BCUT2D eigenvalue weighted by atomic mass is 9.96. The van der Waals surface area contributed by atoms with Crippen LogP contribution >= 0.6 is 0 Å². The van der Waals surface area contributed by atoms with E-state index in [-0.39, 0.29) is 5.41 Å². The first kappa shape index (κ1) is 21.2. The van der Waals surface area contributed by atoms with Gasteiger partial charge < -0.3 is 15.5 Å². The molecule has 148 valence electrons. The van der Waals surface area contributed by atoms with E-state index in [1.165, 1.54) is 6.07 Å². The fraction of sp³-hybridized carbons (Fsp3) is 0.318. The minimum Gasteiger partial charge on any atom is -0.355 e. The van der Waals surface area contributed by atoms with E-state index < -0.39 is 5.95 Å². The molecular weight excluding hydrogens is 353 g/mol. The van der Waals surface area contributed by atoms with Crippen molar-refractivity contribution in [3.63, 3.8) is 0 Å². The van der Waals surface area contributed by atoms with Crippen molar-refractivity contribution >= 4 is 23.2 Å². The van der Waals surface area contributed by atoms with Crippen LogP contribution in [0.5, 0.6) is 0 Å². The van der Waals surface area contributed by atoms with Crippen molar-refractivity contribution in [1.82, 2.24) is 15.3 Å². The van der Waals surface area contributed by atoms with Crippen molar-refractivity contribution < 1.29 is 4.39 Å². The van der Waals surface area contributed by atoms with Crippen LogP contribution < -0.4 is 15.5 Å². The fourth-order valence-electron chi connectivity index (χ4n) is 2.81. The van der Waals surface area contributed by atoms with Crippen LogP contribution in [0.3, 0.4) is 0 Å². The van der Waals surface area contributed by atoms with Crippen molar-refractivity contribution in [2.75, 3.05) is 23.8 Å². The molecule has 5 nitrogen and oxygen atoms in total. The molecule has 1 aromatic carbocycles. The van der Waals surface area contributed by atoms with Crippen molar-refractivity contribution in [2.24, 2.45) is 5.41 Å². The van der Waals surface area contributed by atoms with Crippen LogP contribution in [0.2, 0.25) is 0 Å². The zero-order valence-electron chi connectivity index (χ0n) is 17.2. The third-order valence-corrected chi connectivity index (χ3v) is 3.95. The molecule has 28 heavy (non-hydrogen) atoms. The predicted molar refractivity (Wildman–Crippen MR) is 115 cm³/mol. The highest BCUT2D eigenvalue weighted by Crippen LogP contribution is 2.25. The standard InChI is InChI=1S/C22H28FN5/c1-8-17(24-9-2)16-11-10-15(3)18(12-16)25-20-13-19(23)26-21(27-20)28(7)14-22(4,5)6/h9-13,24H,1-2,14H2,3-7H3,(H,25,26,27). The molecule has 0 saturated heterocycles. The van der Waals surface area contributed by atoms with Gasteiger partial charge >= 0.3 is 0 Å². The van der Waals surface area contributed by atoms with Gasteiger partial charge in [-0.05, 0) is 30.2 Å². The maximum absolute atomic E-state index is 14.1. The topological polar surface area (TPSA) is 53.1 Å². The van der Waals surface area contributed by atoms with Gasteiger partial charge in [-0.15, -0.1) is 5.73 Å². The maximum atomic E-state index is 14.1. The molecule has 0 aliphatic carbocycles. The van der Waals surface area contributed by atoms with Gasteiger partial charge in [0.25, 0.3) is 0 Å². The van der Waals surface area contributed by atoms with Gasteiger partial charge in [-0.2, -0.15) is 14.4 Å². The quantitative estimate of drug-likeness (QED) is 0.522. The van der Waals surface area contributed by atoms with E-state index in [2.05, 4.69) is 60.3 Å². The van der Waals surface area contributed by atoms with E-state index >= 15 is 0 Å². The van der Waals surface area contributed by atoms with Crippen LogP contribution in [-0.2, 0) is 0 Å². The summed E-state index contributed by atoms with van der Waals surface area (Å²) in [6.45, 7) is 16.4. The summed E-state index contributed by atoms with van der Waals surface area (Å²) in [4.78, 5) is 10.3. The molecule has 1 aromatic heterocycles. The van der Waals surface area contributed by atoms with E-state index in [0.717, 1.165) is 16.8 Å². The van der Waals surface area contributed by atoms with Gasteiger partial charge in [0.15, 0.2) is 0 Å². The average molecular weight is 381 g/mol. The molecule has 0 fully saturated rings. The third kappa shape index (κ3) is 5.69. The van der Waals surface area contributed by atoms with Crippen LogP contribution in [0.25, 0.3) is 5.70 Å². The maximum Gasteiger partial charge on any atom is 0.229 e. The number of hydrogen-bond donors (Lipinski definition) is 2. The molecule has 0 amide bonds. The molecule has 0 unspecified atom stereocenters. The molecule has 1 heterocycles. The van der Waals surface area contributed by atoms with E-state index in [1.807, 2.05) is 37.1 Å². The molecule has 2 rings (SSSR count). The first-order valence-corrected chi connectivity index (χ1v) is 9.04. The Labute approximate surface area is 166 Å². The van der Waals surface area contributed by atoms with Gasteiger partial charge in [-0.3, -0.25) is 0 Å². The highest BCUT2D eigenvalue weighted by molar-refractivity contribution is 5.71. The average Bonchev–Trinajstić information content (AvgIpc) is 2.60.